The van der Waals surface area contributed by atoms with E-state index >= 15 is 0 Å². The van der Waals surface area contributed by atoms with E-state index in [1.165, 1.54) is 12.0 Å². The smallest absolute Gasteiger partial charge is 0.161 e. The lowest BCUT2D eigenvalue weighted by Crippen LogP contribution is -2.48. The van der Waals surface area contributed by atoms with Gasteiger partial charge in [0.15, 0.2) is 11.5 Å². The normalized spacial score (nSPS) is 17.5. The lowest BCUT2D eigenvalue weighted by atomic mass is 10.0. The number of nitrogens with one attached hydrogen (secondary N) is 1. The molecular formula is C17H28N2O2. The van der Waals surface area contributed by atoms with E-state index < -0.39 is 0 Å². The molecule has 0 saturated carbocycles. The van der Waals surface area contributed by atoms with Crippen LogP contribution in [-0.4, -0.2) is 50.8 Å². The van der Waals surface area contributed by atoms with Crippen molar-refractivity contribution < 1.29 is 9.47 Å². The quantitative estimate of drug-likeness (QED) is 0.836. The summed E-state index contributed by atoms with van der Waals surface area (Å²) in [4.78, 5) is 2.60. The highest BCUT2D eigenvalue weighted by atomic mass is 16.5. The van der Waals surface area contributed by atoms with E-state index in [0.29, 0.717) is 12.6 Å². The Hall–Kier alpha value is -1.26. The summed E-state index contributed by atoms with van der Waals surface area (Å²) in [5.41, 5.74) is 1.32. The van der Waals surface area contributed by atoms with Crippen LogP contribution >= 0.6 is 0 Å². The molecule has 1 fully saturated rings. The topological polar surface area (TPSA) is 33.7 Å². The first kappa shape index (κ1) is 16.1. The highest BCUT2D eigenvalue weighted by molar-refractivity contribution is 5.43. The first-order valence-corrected chi connectivity index (χ1v) is 8.03. The van der Waals surface area contributed by atoms with Gasteiger partial charge in [-0.3, -0.25) is 4.90 Å². The van der Waals surface area contributed by atoms with Crippen molar-refractivity contribution in [3.05, 3.63) is 23.8 Å². The summed E-state index contributed by atoms with van der Waals surface area (Å²) in [5, 5.41) is 3.42. The number of ether oxygens (including phenoxy) is 2. The van der Waals surface area contributed by atoms with Gasteiger partial charge in [0.05, 0.1) is 13.7 Å². The minimum absolute atomic E-state index is 0.606. The molecule has 21 heavy (non-hydrogen) atoms. The van der Waals surface area contributed by atoms with E-state index in [1.807, 2.05) is 13.0 Å². The van der Waals surface area contributed by atoms with E-state index in [1.54, 1.807) is 7.11 Å². The Balaban J connectivity index is 2.06. The molecule has 118 valence electrons. The predicted octanol–water partition coefficient (Wildman–Crippen LogP) is 2.32. The summed E-state index contributed by atoms with van der Waals surface area (Å²) in [6.07, 6.45) is 2.24. The maximum Gasteiger partial charge on any atom is 0.161 e. The summed E-state index contributed by atoms with van der Waals surface area (Å²) in [5.74, 6) is 1.67. The predicted molar refractivity (Wildman–Crippen MR) is 86.4 cm³/mol. The van der Waals surface area contributed by atoms with E-state index in [9.17, 15) is 0 Å². The fraction of sp³-hybridized carbons (Fsp3) is 0.647. The number of methoxy groups -OCH3 is 1. The number of hydrogen-bond acceptors (Lipinski definition) is 4. The molecule has 1 N–H and O–H groups in total. The summed E-state index contributed by atoms with van der Waals surface area (Å²) in [6.45, 7) is 9.42. The zero-order valence-corrected chi connectivity index (χ0v) is 13.5. The van der Waals surface area contributed by atoms with Crippen molar-refractivity contribution >= 4 is 0 Å². The largest absolute Gasteiger partial charge is 0.493 e. The Morgan fingerprint density at radius 1 is 1.19 bits per heavy atom. The van der Waals surface area contributed by atoms with Crippen LogP contribution in [0.15, 0.2) is 18.2 Å². The van der Waals surface area contributed by atoms with E-state index in [2.05, 4.69) is 29.3 Å². The van der Waals surface area contributed by atoms with Gasteiger partial charge in [0, 0.05) is 32.2 Å². The molecule has 1 saturated heterocycles. The van der Waals surface area contributed by atoms with Gasteiger partial charge in [-0.2, -0.15) is 0 Å². The van der Waals surface area contributed by atoms with Crippen molar-refractivity contribution in [3.8, 4) is 11.5 Å². The van der Waals surface area contributed by atoms with Gasteiger partial charge in [-0.1, -0.05) is 13.0 Å². The zero-order chi connectivity index (χ0) is 15.1. The van der Waals surface area contributed by atoms with Crippen LogP contribution < -0.4 is 14.8 Å². The van der Waals surface area contributed by atoms with Gasteiger partial charge >= 0.3 is 0 Å². The second kappa shape index (κ2) is 8.25. The van der Waals surface area contributed by atoms with Crippen molar-refractivity contribution in [1.29, 1.82) is 0 Å². The van der Waals surface area contributed by atoms with Gasteiger partial charge < -0.3 is 14.8 Å². The van der Waals surface area contributed by atoms with Crippen molar-refractivity contribution in [2.45, 2.75) is 32.7 Å². The first-order valence-electron chi connectivity index (χ1n) is 8.03. The van der Waals surface area contributed by atoms with Gasteiger partial charge in [0.25, 0.3) is 0 Å². The molecule has 1 heterocycles. The highest BCUT2D eigenvalue weighted by Gasteiger charge is 2.19. The molecule has 0 radical (unpaired) electrons. The molecule has 1 aliphatic rings. The van der Waals surface area contributed by atoms with Crippen LogP contribution in [0.3, 0.4) is 0 Å². The van der Waals surface area contributed by atoms with Gasteiger partial charge in [-0.25, -0.2) is 0 Å². The Kier molecular flexibility index (Phi) is 6.33. The molecule has 2 rings (SSSR count). The summed E-state index contributed by atoms with van der Waals surface area (Å²) in [7, 11) is 1.70. The summed E-state index contributed by atoms with van der Waals surface area (Å²) < 4.78 is 11.0. The number of rotatable bonds is 7. The minimum atomic E-state index is 0.606. The molecular weight excluding hydrogens is 264 g/mol. The van der Waals surface area contributed by atoms with Crippen LogP contribution in [0, 0.1) is 0 Å². The third-order valence-corrected chi connectivity index (χ3v) is 4.14. The fourth-order valence-electron chi connectivity index (χ4n) is 2.96. The van der Waals surface area contributed by atoms with Crippen molar-refractivity contribution in [2.24, 2.45) is 0 Å². The van der Waals surface area contributed by atoms with Gasteiger partial charge in [-0.15, -0.1) is 0 Å². The molecule has 0 amide bonds. The van der Waals surface area contributed by atoms with Crippen LogP contribution in [0.25, 0.3) is 0 Å². The van der Waals surface area contributed by atoms with Crippen LogP contribution in [-0.2, 0) is 6.42 Å². The number of piperazine rings is 1. The van der Waals surface area contributed by atoms with Gasteiger partial charge in [0.1, 0.15) is 0 Å². The third kappa shape index (κ3) is 4.35. The first-order chi connectivity index (χ1) is 10.3. The summed E-state index contributed by atoms with van der Waals surface area (Å²) in [6, 6.07) is 6.92. The molecule has 1 unspecified atom stereocenters. The summed E-state index contributed by atoms with van der Waals surface area (Å²) >= 11 is 0. The lowest BCUT2D eigenvalue weighted by Gasteiger charge is -2.34. The Morgan fingerprint density at radius 2 is 1.95 bits per heavy atom. The second-order valence-electron chi connectivity index (χ2n) is 5.47. The van der Waals surface area contributed by atoms with Gasteiger partial charge in [0.2, 0.25) is 0 Å². The standard InChI is InChI=1S/C17H28N2O2/c1-4-15(19-10-8-18-9-11-19)12-14-6-7-16(21-5-2)17(13-14)20-3/h6-7,13,15,18H,4-5,8-12H2,1-3H3. The fourth-order valence-corrected chi connectivity index (χ4v) is 2.96. The Labute approximate surface area is 128 Å². The second-order valence-corrected chi connectivity index (χ2v) is 5.47. The number of benzene rings is 1. The molecule has 0 aromatic heterocycles. The van der Waals surface area contributed by atoms with Crippen LogP contribution in [0.4, 0.5) is 0 Å². The molecule has 0 aliphatic carbocycles. The van der Waals surface area contributed by atoms with Crippen LogP contribution in [0.5, 0.6) is 11.5 Å². The number of hydrogen-bond donors (Lipinski definition) is 1. The molecule has 1 atom stereocenters. The van der Waals surface area contributed by atoms with Crippen LogP contribution in [0.1, 0.15) is 25.8 Å². The molecule has 0 bridgehead atoms. The van der Waals surface area contributed by atoms with Crippen molar-refractivity contribution in [1.82, 2.24) is 10.2 Å². The van der Waals surface area contributed by atoms with E-state index in [-0.39, 0.29) is 0 Å². The molecule has 1 aromatic carbocycles. The average molecular weight is 292 g/mol. The van der Waals surface area contributed by atoms with Crippen molar-refractivity contribution in [2.75, 3.05) is 39.9 Å². The highest BCUT2D eigenvalue weighted by Crippen LogP contribution is 2.29. The Bertz CT molecular complexity index is 431. The zero-order valence-electron chi connectivity index (χ0n) is 13.5. The molecule has 0 spiro atoms. The molecule has 1 aromatic rings. The monoisotopic (exact) mass is 292 g/mol. The third-order valence-electron chi connectivity index (χ3n) is 4.14. The van der Waals surface area contributed by atoms with Crippen molar-refractivity contribution in [3.63, 3.8) is 0 Å². The SMILES string of the molecule is CCOc1ccc(CC(CC)N2CCNCC2)cc1OC. The average Bonchev–Trinajstić information content (AvgIpc) is 2.54. The lowest BCUT2D eigenvalue weighted by molar-refractivity contribution is 0.167. The number of nitrogens with zero attached hydrogens (tertiary/aromatic N) is 1. The maximum absolute atomic E-state index is 5.59. The Morgan fingerprint density at radius 3 is 2.57 bits per heavy atom. The molecule has 1 aliphatic heterocycles. The minimum Gasteiger partial charge on any atom is -0.493 e. The van der Waals surface area contributed by atoms with E-state index in [0.717, 1.165) is 44.1 Å². The van der Waals surface area contributed by atoms with E-state index in [4.69, 9.17) is 9.47 Å². The molecule has 4 nitrogen and oxygen atoms in total. The maximum atomic E-state index is 5.59. The molecule has 4 heteroatoms. The van der Waals surface area contributed by atoms with Crippen LogP contribution in [0.2, 0.25) is 0 Å². The van der Waals surface area contributed by atoms with Gasteiger partial charge in [-0.05, 0) is 37.5 Å².